The highest BCUT2D eigenvalue weighted by molar-refractivity contribution is 5.97. The van der Waals surface area contributed by atoms with Gasteiger partial charge in [-0.15, -0.1) is 0 Å². The molecule has 0 atom stereocenters. The van der Waals surface area contributed by atoms with Crippen LogP contribution < -0.4 is 5.32 Å². The molecule has 0 unspecified atom stereocenters. The number of carbonyl (C=O) groups is 1. The lowest BCUT2D eigenvalue weighted by Crippen LogP contribution is -2.12. The SMILES string of the molecule is Cc1cc(C)cc(-c2noc(NC(=O)CCc3ccccc3)c2-c2ccncc2)c1. The van der Waals surface area contributed by atoms with Crippen molar-refractivity contribution in [3.63, 3.8) is 0 Å². The Labute approximate surface area is 175 Å². The molecule has 2 aromatic heterocycles. The Morgan fingerprint density at radius 3 is 2.33 bits per heavy atom. The van der Waals surface area contributed by atoms with E-state index in [2.05, 4.69) is 47.5 Å². The third kappa shape index (κ3) is 4.46. The van der Waals surface area contributed by atoms with Gasteiger partial charge in [0.25, 0.3) is 0 Å². The molecule has 150 valence electrons. The molecule has 1 amide bonds. The van der Waals surface area contributed by atoms with E-state index in [1.54, 1.807) is 12.4 Å². The van der Waals surface area contributed by atoms with E-state index in [-0.39, 0.29) is 5.91 Å². The third-order valence-corrected chi connectivity index (χ3v) is 4.89. The minimum atomic E-state index is -0.114. The molecule has 2 heterocycles. The van der Waals surface area contributed by atoms with Gasteiger partial charge in [0.05, 0.1) is 5.56 Å². The second-order valence-electron chi connectivity index (χ2n) is 7.38. The average Bonchev–Trinajstić information content (AvgIpc) is 3.16. The van der Waals surface area contributed by atoms with Gasteiger partial charge in [-0.25, -0.2) is 0 Å². The number of benzene rings is 2. The molecule has 0 aliphatic rings. The normalized spacial score (nSPS) is 10.7. The first-order valence-corrected chi connectivity index (χ1v) is 9.92. The molecule has 0 aliphatic heterocycles. The molecule has 5 nitrogen and oxygen atoms in total. The molecule has 0 spiro atoms. The number of hydrogen-bond acceptors (Lipinski definition) is 4. The van der Waals surface area contributed by atoms with Gasteiger partial charge in [0.2, 0.25) is 11.8 Å². The molecule has 0 fully saturated rings. The van der Waals surface area contributed by atoms with E-state index in [9.17, 15) is 4.79 Å². The number of anilines is 1. The maximum Gasteiger partial charge on any atom is 0.239 e. The topological polar surface area (TPSA) is 68.0 Å². The van der Waals surface area contributed by atoms with Gasteiger partial charge in [0.1, 0.15) is 5.69 Å². The summed E-state index contributed by atoms with van der Waals surface area (Å²) in [6.07, 6.45) is 4.46. The summed E-state index contributed by atoms with van der Waals surface area (Å²) in [5, 5.41) is 7.22. The van der Waals surface area contributed by atoms with Crippen molar-refractivity contribution >= 4 is 11.8 Å². The Morgan fingerprint density at radius 1 is 0.933 bits per heavy atom. The summed E-state index contributed by atoms with van der Waals surface area (Å²) in [6, 6.07) is 20.0. The van der Waals surface area contributed by atoms with Gasteiger partial charge in [-0.3, -0.25) is 15.1 Å². The Kier molecular flexibility index (Phi) is 5.70. The third-order valence-electron chi connectivity index (χ3n) is 4.89. The van der Waals surface area contributed by atoms with Crippen LogP contribution in [0.15, 0.2) is 77.6 Å². The fourth-order valence-corrected chi connectivity index (χ4v) is 3.56. The van der Waals surface area contributed by atoms with E-state index in [0.717, 1.165) is 33.4 Å². The maximum atomic E-state index is 12.6. The van der Waals surface area contributed by atoms with Crippen molar-refractivity contribution in [2.45, 2.75) is 26.7 Å². The first kappa shape index (κ1) is 19.6. The Hall–Kier alpha value is -3.73. The predicted molar refractivity (Wildman–Crippen MR) is 118 cm³/mol. The average molecular weight is 397 g/mol. The number of pyridine rings is 1. The lowest BCUT2D eigenvalue weighted by atomic mass is 9.99. The molecule has 4 aromatic rings. The Balaban J connectivity index is 1.65. The van der Waals surface area contributed by atoms with Crippen molar-refractivity contribution in [3.8, 4) is 22.4 Å². The maximum absolute atomic E-state index is 12.6. The van der Waals surface area contributed by atoms with Gasteiger partial charge in [-0.1, -0.05) is 52.7 Å². The Morgan fingerprint density at radius 2 is 1.63 bits per heavy atom. The van der Waals surface area contributed by atoms with E-state index in [1.165, 1.54) is 0 Å². The van der Waals surface area contributed by atoms with Crippen LogP contribution in [0.5, 0.6) is 0 Å². The zero-order valence-corrected chi connectivity index (χ0v) is 17.1. The summed E-state index contributed by atoms with van der Waals surface area (Å²) in [5.41, 5.74) is 6.70. The lowest BCUT2D eigenvalue weighted by Gasteiger charge is -2.07. The van der Waals surface area contributed by atoms with Crippen molar-refractivity contribution in [1.82, 2.24) is 10.1 Å². The zero-order valence-electron chi connectivity index (χ0n) is 17.1. The molecule has 1 N–H and O–H groups in total. The largest absolute Gasteiger partial charge is 0.337 e. The van der Waals surface area contributed by atoms with Gasteiger partial charge in [-0.05, 0) is 55.7 Å². The van der Waals surface area contributed by atoms with Crippen LogP contribution in [-0.4, -0.2) is 16.0 Å². The van der Waals surface area contributed by atoms with Crippen molar-refractivity contribution in [1.29, 1.82) is 0 Å². The smallest absolute Gasteiger partial charge is 0.239 e. The first-order valence-electron chi connectivity index (χ1n) is 9.92. The van der Waals surface area contributed by atoms with Crippen molar-refractivity contribution in [2.24, 2.45) is 0 Å². The van der Waals surface area contributed by atoms with Crippen LogP contribution in [0, 0.1) is 13.8 Å². The van der Waals surface area contributed by atoms with Crippen LogP contribution in [0.2, 0.25) is 0 Å². The molecule has 5 heteroatoms. The second kappa shape index (κ2) is 8.74. The molecule has 0 saturated heterocycles. The summed E-state index contributed by atoms with van der Waals surface area (Å²) in [4.78, 5) is 16.7. The van der Waals surface area contributed by atoms with E-state index < -0.39 is 0 Å². The van der Waals surface area contributed by atoms with Crippen molar-refractivity contribution < 1.29 is 9.32 Å². The Bertz CT molecular complexity index is 1130. The number of nitrogens with one attached hydrogen (secondary N) is 1. The van der Waals surface area contributed by atoms with E-state index in [1.807, 2.05) is 42.5 Å². The summed E-state index contributed by atoms with van der Waals surface area (Å²) in [7, 11) is 0. The van der Waals surface area contributed by atoms with Gasteiger partial charge >= 0.3 is 0 Å². The van der Waals surface area contributed by atoms with Gasteiger partial charge in [0, 0.05) is 24.4 Å². The quantitative estimate of drug-likeness (QED) is 0.460. The summed E-state index contributed by atoms with van der Waals surface area (Å²) < 4.78 is 5.60. The number of hydrogen-bond donors (Lipinski definition) is 1. The van der Waals surface area contributed by atoms with Crippen molar-refractivity contribution in [3.05, 3.63) is 89.7 Å². The summed E-state index contributed by atoms with van der Waals surface area (Å²) in [5.74, 6) is 0.241. The minimum Gasteiger partial charge on any atom is -0.337 e. The fraction of sp³-hybridized carbons (Fsp3) is 0.160. The summed E-state index contributed by atoms with van der Waals surface area (Å²) >= 11 is 0. The molecule has 0 radical (unpaired) electrons. The summed E-state index contributed by atoms with van der Waals surface area (Å²) in [6.45, 7) is 4.10. The minimum absolute atomic E-state index is 0.114. The highest BCUT2D eigenvalue weighted by Gasteiger charge is 2.21. The molecular weight excluding hydrogens is 374 g/mol. The van der Waals surface area contributed by atoms with Crippen LogP contribution >= 0.6 is 0 Å². The van der Waals surface area contributed by atoms with E-state index >= 15 is 0 Å². The molecule has 30 heavy (non-hydrogen) atoms. The zero-order chi connectivity index (χ0) is 20.9. The number of amides is 1. The number of nitrogens with zero attached hydrogens (tertiary/aromatic N) is 2. The van der Waals surface area contributed by atoms with Gasteiger partial charge in [0.15, 0.2) is 0 Å². The fourth-order valence-electron chi connectivity index (χ4n) is 3.56. The molecule has 0 saturated carbocycles. The lowest BCUT2D eigenvalue weighted by molar-refractivity contribution is -0.116. The molecule has 2 aromatic carbocycles. The highest BCUT2D eigenvalue weighted by atomic mass is 16.5. The van der Waals surface area contributed by atoms with Crippen molar-refractivity contribution in [2.75, 3.05) is 5.32 Å². The van der Waals surface area contributed by atoms with Crippen LogP contribution in [0.1, 0.15) is 23.1 Å². The van der Waals surface area contributed by atoms with Gasteiger partial charge < -0.3 is 4.52 Å². The van der Waals surface area contributed by atoms with Crippen LogP contribution in [-0.2, 0) is 11.2 Å². The monoisotopic (exact) mass is 397 g/mol. The molecule has 0 aliphatic carbocycles. The number of aromatic nitrogens is 2. The van der Waals surface area contributed by atoms with Crippen LogP contribution in [0.25, 0.3) is 22.4 Å². The predicted octanol–water partition coefficient (Wildman–Crippen LogP) is 5.59. The molecule has 4 rings (SSSR count). The standard InChI is InChI=1S/C25H23N3O2/c1-17-14-18(2)16-21(15-17)24-23(20-10-12-26-13-11-20)25(30-28-24)27-22(29)9-8-19-6-4-3-5-7-19/h3-7,10-16H,8-9H2,1-2H3,(H,27,29). The van der Waals surface area contributed by atoms with Gasteiger partial charge in [-0.2, -0.15) is 0 Å². The van der Waals surface area contributed by atoms with Crippen LogP contribution in [0.4, 0.5) is 5.88 Å². The number of aryl methyl sites for hydroxylation is 3. The van der Waals surface area contributed by atoms with E-state index in [4.69, 9.17) is 4.52 Å². The number of carbonyl (C=O) groups excluding carboxylic acids is 1. The van der Waals surface area contributed by atoms with E-state index in [0.29, 0.717) is 24.4 Å². The first-order chi connectivity index (χ1) is 14.6. The van der Waals surface area contributed by atoms with Crippen LogP contribution in [0.3, 0.4) is 0 Å². The molecule has 0 bridgehead atoms. The second-order valence-corrected chi connectivity index (χ2v) is 7.38. The molecular formula is C25H23N3O2. The highest BCUT2D eigenvalue weighted by Crippen LogP contribution is 2.38. The number of rotatable bonds is 6.